The van der Waals surface area contributed by atoms with Crippen molar-refractivity contribution in [3.63, 3.8) is 0 Å². The zero-order valence-electron chi connectivity index (χ0n) is 18.6. The van der Waals surface area contributed by atoms with Crippen LogP contribution in [0.15, 0.2) is 64.5 Å². The number of hydrogen-bond acceptors (Lipinski definition) is 8. The Morgan fingerprint density at radius 3 is 2.21 bits per heavy atom. The highest BCUT2D eigenvalue weighted by atomic mass is 32.2. The lowest BCUT2D eigenvalue weighted by molar-refractivity contribution is 0.0952. The molecule has 1 aromatic heterocycles. The van der Waals surface area contributed by atoms with E-state index in [1.807, 2.05) is 0 Å². The van der Waals surface area contributed by atoms with E-state index < -0.39 is 26.0 Å². The number of nitrogens with one attached hydrogen (secondary N) is 3. The zero-order valence-corrected chi connectivity index (χ0v) is 20.2. The highest BCUT2D eigenvalue weighted by Gasteiger charge is 2.21. The maximum absolute atomic E-state index is 12.9. The van der Waals surface area contributed by atoms with E-state index >= 15 is 0 Å². The number of amides is 1. The van der Waals surface area contributed by atoms with Crippen molar-refractivity contribution in [1.29, 1.82) is 0 Å². The number of benzene rings is 2. The summed E-state index contributed by atoms with van der Waals surface area (Å²) in [6.07, 6.45) is 1.43. The highest BCUT2D eigenvalue weighted by Crippen LogP contribution is 2.25. The standard InChI is InChI=1S/C21H23N5O6S2/c1-4-22-20(27)18-13-17(9-10-19(18)32-3)34(30,31)25-15-5-7-16(8-6-15)33(28,29)26-21-23-12-11-14(2)24-21/h5-13,25H,4H2,1-3H3,(H,22,27)(H,23,24,26). The molecule has 0 radical (unpaired) electrons. The molecule has 0 bridgehead atoms. The zero-order chi connectivity index (χ0) is 24.9. The number of nitrogens with zero attached hydrogens (tertiary/aromatic N) is 2. The first-order valence-electron chi connectivity index (χ1n) is 9.97. The van der Waals surface area contributed by atoms with Gasteiger partial charge in [0.2, 0.25) is 5.95 Å². The number of hydrogen-bond donors (Lipinski definition) is 3. The summed E-state index contributed by atoms with van der Waals surface area (Å²) in [4.78, 5) is 19.9. The Morgan fingerprint density at radius 1 is 0.941 bits per heavy atom. The van der Waals surface area contributed by atoms with Crippen LogP contribution in [-0.4, -0.2) is 46.4 Å². The molecule has 3 N–H and O–H groups in total. The van der Waals surface area contributed by atoms with Crippen LogP contribution >= 0.6 is 0 Å². The number of rotatable bonds is 9. The van der Waals surface area contributed by atoms with Crippen molar-refractivity contribution < 1.29 is 26.4 Å². The fourth-order valence-electron chi connectivity index (χ4n) is 2.88. The summed E-state index contributed by atoms with van der Waals surface area (Å²) >= 11 is 0. The van der Waals surface area contributed by atoms with Gasteiger partial charge in [-0.15, -0.1) is 0 Å². The number of aromatic nitrogens is 2. The summed E-state index contributed by atoms with van der Waals surface area (Å²) in [6.45, 7) is 3.79. The van der Waals surface area contributed by atoms with Gasteiger partial charge in [-0.2, -0.15) is 0 Å². The van der Waals surface area contributed by atoms with Crippen LogP contribution in [0.1, 0.15) is 23.0 Å². The molecule has 11 nitrogen and oxygen atoms in total. The van der Waals surface area contributed by atoms with Crippen molar-refractivity contribution in [2.24, 2.45) is 0 Å². The molecule has 0 aliphatic heterocycles. The molecular formula is C21H23N5O6S2. The summed E-state index contributed by atoms with van der Waals surface area (Å²) in [6, 6.07) is 10.6. The van der Waals surface area contributed by atoms with Crippen LogP contribution in [0.5, 0.6) is 5.75 Å². The van der Waals surface area contributed by atoms with Crippen LogP contribution in [0.2, 0.25) is 0 Å². The maximum atomic E-state index is 12.9. The van der Waals surface area contributed by atoms with Crippen LogP contribution in [-0.2, 0) is 20.0 Å². The first-order valence-corrected chi connectivity index (χ1v) is 12.9. The van der Waals surface area contributed by atoms with Gasteiger partial charge >= 0.3 is 0 Å². The van der Waals surface area contributed by atoms with E-state index in [-0.39, 0.29) is 32.7 Å². The summed E-state index contributed by atoms with van der Waals surface area (Å²) in [5, 5.41) is 2.60. The number of anilines is 2. The average Bonchev–Trinajstić information content (AvgIpc) is 2.78. The molecule has 0 aliphatic carbocycles. The summed E-state index contributed by atoms with van der Waals surface area (Å²) in [7, 11) is -6.69. The van der Waals surface area contributed by atoms with E-state index in [1.54, 1.807) is 19.9 Å². The molecule has 0 saturated heterocycles. The Balaban J connectivity index is 1.82. The molecule has 0 fully saturated rings. The van der Waals surface area contributed by atoms with Gasteiger partial charge in [-0.05, 0) is 62.4 Å². The predicted octanol–water partition coefficient (Wildman–Crippen LogP) is 2.14. The minimum Gasteiger partial charge on any atom is -0.496 e. The summed E-state index contributed by atoms with van der Waals surface area (Å²) in [5.41, 5.74) is 0.783. The smallest absolute Gasteiger partial charge is 0.264 e. The predicted molar refractivity (Wildman–Crippen MR) is 126 cm³/mol. The molecule has 13 heteroatoms. The van der Waals surface area contributed by atoms with Crippen LogP contribution in [0.25, 0.3) is 0 Å². The van der Waals surface area contributed by atoms with Crippen LogP contribution < -0.4 is 19.5 Å². The maximum Gasteiger partial charge on any atom is 0.264 e. The second-order valence-corrected chi connectivity index (χ2v) is 10.3. The van der Waals surface area contributed by atoms with Crippen molar-refractivity contribution >= 4 is 37.6 Å². The van der Waals surface area contributed by atoms with Crippen molar-refractivity contribution in [1.82, 2.24) is 15.3 Å². The molecule has 34 heavy (non-hydrogen) atoms. The molecule has 0 aliphatic rings. The SMILES string of the molecule is CCNC(=O)c1cc(S(=O)(=O)Nc2ccc(S(=O)(=O)Nc3nccc(C)n3)cc2)ccc1OC. The first kappa shape index (κ1) is 24.9. The normalized spacial score (nSPS) is 11.5. The van der Waals surface area contributed by atoms with E-state index in [2.05, 4.69) is 24.7 Å². The molecule has 0 atom stereocenters. The molecule has 3 rings (SSSR count). The van der Waals surface area contributed by atoms with Crippen LogP contribution in [0.4, 0.5) is 11.6 Å². The minimum atomic E-state index is -4.08. The second-order valence-electron chi connectivity index (χ2n) is 6.98. The Hall–Kier alpha value is -3.71. The van der Waals surface area contributed by atoms with Gasteiger partial charge in [0.15, 0.2) is 0 Å². The highest BCUT2D eigenvalue weighted by molar-refractivity contribution is 7.93. The van der Waals surface area contributed by atoms with Crippen molar-refractivity contribution in [2.45, 2.75) is 23.6 Å². The Morgan fingerprint density at radius 2 is 1.59 bits per heavy atom. The molecule has 0 saturated carbocycles. The Kier molecular flexibility index (Phi) is 7.37. The Bertz CT molecular complexity index is 1410. The summed E-state index contributed by atoms with van der Waals surface area (Å²) < 4.78 is 60.6. The largest absolute Gasteiger partial charge is 0.496 e. The first-order chi connectivity index (χ1) is 16.1. The quantitative estimate of drug-likeness (QED) is 0.399. The van der Waals surface area contributed by atoms with Gasteiger partial charge in [0.25, 0.3) is 26.0 Å². The molecule has 1 amide bonds. The van der Waals surface area contributed by atoms with Gasteiger partial charge in [0.1, 0.15) is 5.75 Å². The van der Waals surface area contributed by atoms with Gasteiger partial charge in [0.05, 0.1) is 22.5 Å². The molecule has 3 aromatic rings. The molecule has 0 spiro atoms. The van der Waals surface area contributed by atoms with Gasteiger partial charge in [-0.25, -0.2) is 31.5 Å². The minimum absolute atomic E-state index is 0.0677. The lowest BCUT2D eigenvalue weighted by Gasteiger charge is -2.13. The van der Waals surface area contributed by atoms with Crippen LogP contribution in [0.3, 0.4) is 0 Å². The monoisotopic (exact) mass is 505 g/mol. The van der Waals surface area contributed by atoms with E-state index in [0.717, 1.165) is 0 Å². The van der Waals surface area contributed by atoms with Crippen molar-refractivity contribution in [3.05, 3.63) is 66.0 Å². The number of aryl methyl sites for hydroxylation is 1. The van der Waals surface area contributed by atoms with Gasteiger partial charge in [0, 0.05) is 24.1 Å². The summed E-state index contributed by atoms with van der Waals surface area (Å²) in [5.74, 6) is -0.326. The molecule has 2 aromatic carbocycles. The number of ether oxygens (including phenoxy) is 1. The third-order valence-electron chi connectivity index (χ3n) is 4.50. The van der Waals surface area contributed by atoms with E-state index in [9.17, 15) is 21.6 Å². The van der Waals surface area contributed by atoms with Crippen LogP contribution in [0, 0.1) is 6.92 Å². The number of sulfonamides is 2. The van der Waals surface area contributed by atoms with E-state index in [4.69, 9.17) is 4.74 Å². The Labute approximate surface area is 197 Å². The molecular weight excluding hydrogens is 482 g/mol. The van der Waals surface area contributed by atoms with E-state index in [0.29, 0.717) is 12.2 Å². The third kappa shape index (κ3) is 5.80. The molecule has 180 valence electrons. The van der Waals surface area contributed by atoms with Crippen molar-refractivity contribution in [3.8, 4) is 5.75 Å². The van der Waals surface area contributed by atoms with E-state index in [1.165, 1.54) is 55.8 Å². The fourth-order valence-corrected chi connectivity index (χ4v) is 4.92. The third-order valence-corrected chi connectivity index (χ3v) is 7.22. The van der Waals surface area contributed by atoms with Gasteiger partial charge < -0.3 is 10.1 Å². The molecule has 0 unspecified atom stereocenters. The average molecular weight is 506 g/mol. The fraction of sp³-hybridized carbons (Fsp3) is 0.190. The van der Waals surface area contributed by atoms with Gasteiger partial charge in [-0.3, -0.25) is 9.52 Å². The topological polar surface area (TPSA) is 156 Å². The molecule has 1 heterocycles. The number of carbonyl (C=O) groups excluding carboxylic acids is 1. The van der Waals surface area contributed by atoms with Gasteiger partial charge in [-0.1, -0.05) is 0 Å². The number of carbonyl (C=O) groups is 1. The number of methoxy groups -OCH3 is 1. The lowest BCUT2D eigenvalue weighted by Crippen LogP contribution is -2.24. The second kappa shape index (κ2) is 10.1. The lowest BCUT2D eigenvalue weighted by atomic mass is 10.2. The van der Waals surface area contributed by atoms with Crippen molar-refractivity contribution in [2.75, 3.05) is 23.1 Å².